The standard InChI is InChI=1S/C13H15FN2O5/c1-2-8(5-12(17)18)7-15-13(19)10-4-3-9(14)6-11(10)16(20)21/h3-4,6,8H,2,5,7H2,1H3,(H,15,19)(H,17,18). The second-order valence-electron chi connectivity index (χ2n) is 4.50. The number of benzene rings is 1. The zero-order valence-corrected chi connectivity index (χ0v) is 11.3. The zero-order valence-electron chi connectivity index (χ0n) is 11.3. The molecule has 0 aromatic heterocycles. The number of rotatable bonds is 7. The quantitative estimate of drug-likeness (QED) is 0.590. The monoisotopic (exact) mass is 298 g/mol. The summed E-state index contributed by atoms with van der Waals surface area (Å²) >= 11 is 0. The van der Waals surface area contributed by atoms with Crippen LogP contribution in [-0.2, 0) is 4.79 Å². The van der Waals surface area contributed by atoms with E-state index in [-0.39, 0.29) is 24.4 Å². The molecule has 8 heteroatoms. The van der Waals surface area contributed by atoms with E-state index in [9.17, 15) is 24.1 Å². The predicted molar refractivity (Wildman–Crippen MR) is 71.4 cm³/mol. The number of carboxylic acids is 1. The minimum Gasteiger partial charge on any atom is -0.481 e. The molecule has 0 saturated carbocycles. The van der Waals surface area contributed by atoms with Crippen molar-refractivity contribution in [3.63, 3.8) is 0 Å². The molecule has 0 saturated heterocycles. The summed E-state index contributed by atoms with van der Waals surface area (Å²) in [5, 5.41) is 21.9. The molecule has 2 N–H and O–H groups in total. The van der Waals surface area contributed by atoms with Crippen LogP contribution in [0.5, 0.6) is 0 Å². The third-order valence-corrected chi connectivity index (χ3v) is 2.99. The van der Waals surface area contributed by atoms with Gasteiger partial charge in [-0.25, -0.2) is 4.39 Å². The molecule has 1 aromatic carbocycles. The van der Waals surface area contributed by atoms with Crippen molar-refractivity contribution in [2.45, 2.75) is 19.8 Å². The van der Waals surface area contributed by atoms with Crippen LogP contribution in [0, 0.1) is 21.8 Å². The van der Waals surface area contributed by atoms with Crippen molar-refractivity contribution < 1.29 is 24.0 Å². The molecule has 7 nitrogen and oxygen atoms in total. The average Bonchev–Trinajstić information content (AvgIpc) is 2.42. The Hall–Kier alpha value is -2.51. The number of nitro benzene ring substituents is 1. The third kappa shape index (κ3) is 4.83. The van der Waals surface area contributed by atoms with Crippen LogP contribution in [0.1, 0.15) is 30.1 Å². The van der Waals surface area contributed by atoms with Gasteiger partial charge in [0, 0.05) is 13.0 Å². The lowest BCUT2D eigenvalue weighted by Crippen LogP contribution is -2.30. The van der Waals surface area contributed by atoms with Gasteiger partial charge in [0.2, 0.25) is 0 Å². The highest BCUT2D eigenvalue weighted by Gasteiger charge is 2.21. The van der Waals surface area contributed by atoms with Crippen molar-refractivity contribution in [3.8, 4) is 0 Å². The van der Waals surface area contributed by atoms with Gasteiger partial charge in [0.25, 0.3) is 11.6 Å². The molecule has 0 spiro atoms. The van der Waals surface area contributed by atoms with Crippen molar-refractivity contribution in [2.75, 3.05) is 6.54 Å². The maximum absolute atomic E-state index is 13.0. The number of carboxylic acid groups (broad SMARTS) is 1. The van der Waals surface area contributed by atoms with Crippen LogP contribution < -0.4 is 5.32 Å². The van der Waals surface area contributed by atoms with Crippen molar-refractivity contribution in [1.82, 2.24) is 5.32 Å². The molecule has 0 aliphatic rings. The van der Waals surface area contributed by atoms with Gasteiger partial charge in [-0.15, -0.1) is 0 Å². The molecular formula is C13H15FN2O5. The van der Waals surface area contributed by atoms with E-state index in [0.717, 1.165) is 12.1 Å². The van der Waals surface area contributed by atoms with Crippen LogP contribution in [0.15, 0.2) is 18.2 Å². The molecule has 114 valence electrons. The van der Waals surface area contributed by atoms with Crippen molar-refractivity contribution in [3.05, 3.63) is 39.7 Å². The van der Waals surface area contributed by atoms with Gasteiger partial charge in [0.15, 0.2) is 0 Å². The number of hydrogen-bond donors (Lipinski definition) is 2. The Morgan fingerprint density at radius 2 is 2.14 bits per heavy atom. The van der Waals surface area contributed by atoms with Crippen molar-refractivity contribution in [2.24, 2.45) is 5.92 Å². The van der Waals surface area contributed by atoms with Gasteiger partial charge < -0.3 is 10.4 Å². The Balaban J connectivity index is 2.80. The number of hydrogen-bond acceptors (Lipinski definition) is 4. The van der Waals surface area contributed by atoms with Crippen LogP contribution >= 0.6 is 0 Å². The summed E-state index contributed by atoms with van der Waals surface area (Å²) < 4.78 is 13.0. The minimum absolute atomic E-state index is 0.0795. The number of nitrogens with one attached hydrogen (secondary N) is 1. The van der Waals surface area contributed by atoms with Crippen LogP contribution in [0.2, 0.25) is 0 Å². The first kappa shape index (κ1) is 16.5. The van der Waals surface area contributed by atoms with E-state index in [0.29, 0.717) is 12.5 Å². The van der Waals surface area contributed by atoms with Gasteiger partial charge in [0.1, 0.15) is 11.4 Å². The highest BCUT2D eigenvalue weighted by Crippen LogP contribution is 2.19. The fraction of sp³-hybridized carbons (Fsp3) is 0.385. The van der Waals surface area contributed by atoms with Gasteiger partial charge in [0.05, 0.1) is 11.0 Å². The lowest BCUT2D eigenvalue weighted by Gasteiger charge is -2.13. The van der Waals surface area contributed by atoms with E-state index in [1.54, 1.807) is 6.92 Å². The molecule has 0 heterocycles. The molecule has 0 aliphatic carbocycles. The Bertz CT molecular complexity index is 561. The highest BCUT2D eigenvalue weighted by atomic mass is 19.1. The maximum Gasteiger partial charge on any atom is 0.303 e. The Labute approximate surface area is 119 Å². The molecule has 1 unspecified atom stereocenters. The van der Waals surface area contributed by atoms with E-state index < -0.39 is 28.3 Å². The molecule has 0 bridgehead atoms. The minimum atomic E-state index is -0.983. The summed E-state index contributed by atoms with van der Waals surface area (Å²) in [5.41, 5.74) is -0.884. The van der Waals surface area contributed by atoms with Crippen LogP contribution in [-0.4, -0.2) is 28.5 Å². The summed E-state index contributed by atoms with van der Waals surface area (Å²) in [7, 11) is 0. The molecule has 1 rings (SSSR count). The van der Waals surface area contributed by atoms with Gasteiger partial charge >= 0.3 is 5.97 Å². The summed E-state index contributed by atoms with van der Waals surface area (Å²) in [5.74, 6) is -2.80. The lowest BCUT2D eigenvalue weighted by atomic mass is 10.0. The Kier molecular flexibility index (Phi) is 5.77. The van der Waals surface area contributed by atoms with E-state index in [1.165, 1.54) is 0 Å². The largest absolute Gasteiger partial charge is 0.481 e. The van der Waals surface area contributed by atoms with Gasteiger partial charge in [-0.1, -0.05) is 13.3 Å². The number of nitro groups is 1. The first-order valence-corrected chi connectivity index (χ1v) is 6.29. The normalized spacial score (nSPS) is 11.7. The molecule has 1 aromatic rings. The fourth-order valence-corrected chi connectivity index (χ4v) is 1.79. The number of aliphatic carboxylic acids is 1. The first-order valence-electron chi connectivity index (χ1n) is 6.29. The zero-order chi connectivity index (χ0) is 16.0. The number of halogens is 1. The van der Waals surface area contributed by atoms with Crippen LogP contribution in [0.25, 0.3) is 0 Å². The Morgan fingerprint density at radius 1 is 1.48 bits per heavy atom. The number of nitrogens with zero attached hydrogens (tertiary/aromatic N) is 1. The third-order valence-electron chi connectivity index (χ3n) is 2.99. The summed E-state index contributed by atoms with van der Waals surface area (Å²) in [6.45, 7) is 1.86. The molecule has 0 aliphatic heterocycles. The van der Waals surface area contributed by atoms with Gasteiger partial charge in [-0.2, -0.15) is 0 Å². The summed E-state index contributed by atoms with van der Waals surface area (Å²) in [6, 6.07) is 2.65. The second-order valence-corrected chi connectivity index (χ2v) is 4.50. The Morgan fingerprint density at radius 3 is 2.67 bits per heavy atom. The first-order chi connectivity index (χ1) is 9.85. The SMILES string of the molecule is CCC(CNC(=O)c1ccc(F)cc1[N+](=O)[O-])CC(=O)O. The van der Waals surface area contributed by atoms with Gasteiger partial charge in [-0.3, -0.25) is 19.7 Å². The topological polar surface area (TPSA) is 110 Å². The number of carbonyl (C=O) groups is 2. The smallest absolute Gasteiger partial charge is 0.303 e. The van der Waals surface area contributed by atoms with E-state index in [2.05, 4.69) is 5.32 Å². The molecule has 0 radical (unpaired) electrons. The average molecular weight is 298 g/mol. The predicted octanol–water partition coefficient (Wildman–Crippen LogP) is 1.96. The molecule has 1 amide bonds. The highest BCUT2D eigenvalue weighted by molar-refractivity contribution is 5.98. The molecule has 1 atom stereocenters. The van der Waals surface area contributed by atoms with E-state index in [4.69, 9.17) is 5.11 Å². The summed E-state index contributed by atoms with van der Waals surface area (Å²) in [6.07, 6.45) is 0.431. The van der Waals surface area contributed by atoms with Crippen molar-refractivity contribution >= 4 is 17.6 Å². The molecular weight excluding hydrogens is 283 g/mol. The van der Waals surface area contributed by atoms with E-state index >= 15 is 0 Å². The van der Waals surface area contributed by atoms with Crippen molar-refractivity contribution in [1.29, 1.82) is 0 Å². The lowest BCUT2D eigenvalue weighted by molar-refractivity contribution is -0.385. The van der Waals surface area contributed by atoms with E-state index in [1.807, 2.05) is 0 Å². The second kappa shape index (κ2) is 7.32. The molecule has 21 heavy (non-hydrogen) atoms. The fourth-order valence-electron chi connectivity index (χ4n) is 1.79. The molecule has 0 fully saturated rings. The number of carbonyl (C=O) groups excluding carboxylic acids is 1. The van der Waals surface area contributed by atoms with Gasteiger partial charge in [-0.05, 0) is 18.1 Å². The maximum atomic E-state index is 13.0. The number of amides is 1. The van der Waals surface area contributed by atoms with Crippen LogP contribution in [0.4, 0.5) is 10.1 Å². The summed E-state index contributed by atoms with van der Waals surface area (Å²) in [4.78, 5) is 32.5. The van der Waals surface area contributed by atoms with Crippen LogP contribution in [0.3, 0.4) is 0 Å².